The maximum absolute atomic E-state index is 14.2. The van der Waals surface area contributed by atoms with E-state index in [-0.39, 0.29) is 30.2 Å². The van der Waals surface area contributed by atoms with E-state index >= 15 is 0 Å². The smallest absolute Gasteiger partial charge is 0.228 e. The Morgan fingerprint density at radius 1 is 0.816 bits per heavy atom. The first-order valence-corrected chi connectivity index (χ1v) is 18.0. The summed E-state index contributed by atoms with van der Waals surface area (Å²) in [6.07, 6.45) is 12.0. The van der Waals surface area contributed by atoms with Gasteiger partial charge >= 0.3 is 0 Å². The summed E-state index contributed by atoms with van der Waals surface area (Å²) in [6, 6.07) is 24.7. The Balaban J connectivity index is 1.04. The Morgan fingerprint density at radius 2 is 1.49 bits per heavy atom. The molecule has 0 aliphatic heterocycles. The number of anilines is 2. The average molecular weight is 657 g/mol. The number of carbonyl (C=O) groups is 2. The molecule has 2 N–H and O–H groups in total. The van der Waals surface area contributed by atoms with E-state index in [1.54, 1.807) is 0 Å². The lowest BCUT2D eigenvalue weighted by molar-refractivity contribution is -0.123. The van der Waals surface area contributed by atoms with E-state index < -0.39 is 5.92 Å². The SMILES string of the molecule is CN(C)c1nc(N[C@H]2CC[C@@H](NC(=O)C(CC(=O)c3ccc(C4CCCCC4)cc3)c3cn(C)c4ccccc34)CC2)nc2ccccc12. The van der Waals surface area contributed by atoms with E-state index in [1.165, 1.54) is 37.7 Å². The lowest BCUT2D eigenvalue weighted by Gasteiger charge is -2.31. The Hall–Kier alpha value is -4.72. The van der Waals surface area contributed by atoms with Crippen molar-refractivity contribution in [3.8, 4) is 0 Å². The molecular weight excluding hydrogens is 608 g/mol. The van der Waals surface area contributed by atoms with Gasteiger partial charge in [-0.25, -0.2) is 4.98 Å². The molecule has 2 saturated carbocycles. The number of nitrogens with zero attached hydrogens (tertiary/aromatic N) is 4. The fourth-order valence-corrected chi connectivity index (χ4v) is 8.01. The topological polar surface area (TPSA) is 92.2 Å². The van der Waals surface area contributed by atoms with Gasteiger partial charge in [0.25, 0.3) is 0 Å². The number of nitrogens with one attached hydrogen (secondary N) is 2. The Morgan fingerprint density at radius 3 is 2.22 bits per heavy atom. The molecule has 8 nitrogen and oxygen atoms in total. The second-order valence-corrected chi connectivity index (χ2v) is 14.3. The van der Waals surface area contributed by atoms with Crippen molar-refractivity contribution in [3.63, 3.8) is 0 Å². The first-order valence-electron chi connectivity index (χ1n) is 18.0. The third-order valence-corrected chi connectivity index (χ3v) is 10.7. The number of hydrogen-bond acceptors (Lipinski definition) is 6. The zero-order valence-electron chi connectivity index (χ0n) is 29.0. The minimum Gasteiger partial charge on any atom is -0.362 e. The van der Waals surface area contributed by atoms with Gasteiger partial charge in [0.05, 0.1) is 11.4 Å². The van der Waals surface area contributed by atoms with Crippen LogP contribution in [0, 0.1) is 0 Å². The van der Waals surface area contributed by atoms with Crippen molar-refractivity contribution in [2.45, 2.75) is 88.1 Å². The fraction of sp³-hybridized carbons (Fsp3) is 0.415. The summed E-state index contributed by atoms with van der Waals surface area (Å²) in [5, 5.41) is 8.99. The molecule has 1 unspecified atom stereocenters. The molecule has 8 heteroatoms. The molecule has 2 heterocycles. The van der Waals surface area contributed by atoms with E-state index in [4.69, 9.17) is 9.97 Å². The van der Waals surface area contributed by atoms with Crippen LogP contribution in [0.3, 0.4) is 0 Å². The van der Waals surface area contributed by atoms with Crippen LogP contribution in [-0.4, -0.2) is 52.4 Å². The van der Waals surface area contributed by atoms with Crippen LogP contribution in [0.15, 0.2) is 79.0 Å². The monoisotopic (exact) mass is 656 g/mol. The van der Waals surface area contributed by atoms with Crippen LogP contribution >= 0.6 is 0 Å². The van der Waals surface area contributed by atoms with Crippen molar-refractivity contribution in [1.82, 2.24) is 19.9 Å². The van der Waals surface area contributed by atoms with E-state index in [1.807, 2.05) is 74.7 Å². The molecule has 0 spiro atoms. The summed E-state index contributed by atoms with van der Waals surface area (Å²) < 4.78 is 2.06. The first kappa shape index (κ1) is 32.8. The highest BCUT2D eigenvalue weighted by Gasteiger charge is 2.31. The molecule has 2 aliphatic carbocycles. The first-order chi connectivity index (χ1) is 23.8. The molecule has 254 valence electrons. The number of Topliss-reactive ketones (excluding diaryl/α,β-unsaturated/α-hetero) is 1. The molecule has 0 bridgehead atoms. The average Bonchev–Trinajstić information content (AvgIpc) is 3.47. The van der Waals surface area contributed by atoms with Crippen molar-refractivity contribution in [1.29, 1.82) is 0 Å². The number of aromatic nitrogens is 3. The zero-order chi connectivity index (χ0) is 33.9. The molecule has 2 fully saturated rings. The standard InChI is InChI=1S/C41H48N6O2/c1-46(2)39-33-14-7-9-15-36(33)44-41(45-39)43-31-23-21-30(22-24-31)42-40(49)34(35-26-47(3)37-16-10-8-13-32(35)37)25-38(48)29-19-17-28(18-20-29)27-11-5-4-6-12-27/h7-10,13-20,26-27,30-31,34H,4-6,11-12,21-25H2,1-3H3,(H,42,49)(H,43,44,45)/t30-,31+,34?. The molecule has 5 aromatic rings. The van der Waals surface area contributed by atoms with Crippen molar-refractivity contribution < 1.29 is 9.59 Å². The molecule has 49 heavy (non-hydrogen) atoms. The summed E-state index contributed by atoms with van der Waals surface area (Å²) in [4.78, 5) is 39.6. The highest BCUT2D eigenvalue weighted by molar-refractivity contribution is 6.02. The minimum atomic E-state index is -0.581. The third-order valence-electron chi connectivity index (χ3n) is 10.7. The molecule has 7 rings (SSSR count). The summed E-state index contributed by atoms with van der Waals surface area (Å²) in [5.41, 5.74) is 4.88. The number of hydrogen-bond donors (Lipinski definition) is 2. The number of para-hydroxylation sites is 2. The Kier molecular flexibility index (Phi) is 9.65. The molecule has 2 aromatic heterocycles. The van der Waals surface area contributed by atoms with Crippen molar-refractivity contribution in [2.24, 2.45) is 7.05 Å². The van der Waals surface area contributed by atoms with Crippen LogP contribution in [0.2, 0.25) is 0 Å². The number of aryl methyl sites for hydroxylation is 1. The van der Waals surface area contributed by atoms with Gasteiger partial charge in [0.2, 0.25) is 11.9 Å². The van der Waals surface area contributed by atoms with Gasteiger partial charge in [-0.1, -0.05) is 73.9 Å². The number of fused-ring (bicyclic) bond motifs is 2. The summed E-state index contributed by atoms with van der Waals surface area (Å²) >= 11 is 0. The quantitative estimate of drug-likeness (QED) is 0.148. The zero-order valence-corrected chi connectivity index (χ0v) is 29.0. The van der Waals surface area contributed by atoms with Gasteiger partial charge in [-0.05, 0) is 73.8 Å². The number of ketones is 1. The molecule has 0 saturated heterocycles. The summed E-state index contributed by atoms with van der Waals surface area (Å²) in [5.74, 6) is 1.47. The van der Waals surface area contributed by atoms with E-state index in [0.717, 1.165) is 58.9 Å². The molecule has 2 aliphatic rings. The maximum Gasteiger partial charge on any atom is 0.228 e. The van der Waals surface area contributed by atoms with Crippen LogP contribution < -0.4 is 15.5 Å². The lowest BCUT2D eigenvalue weighted by atomic mass is 9.83. The van der Waals surface area contributed by atoms with Gasteiger partial charge < -0.3 is 20.1 Å². The van der Waals surface area contributed by atoms with E-state index in [0.29, 0.717) is 17.4 Å². The summed E-state index contributed by atoms with van der Waals surface area (Å²) in [7, 11) is 6.00. The highest BCUT2D eigenvalue weighted by Crippen LogP contribution is 2.35. The third kappa shape index (κ3) is 7.19. The number of benzene rings is 3. The molecular formula is C41H48N6O2. The molecule has 3 aromatic carbocycles. The lowest BCUT2D eigenvalue weighted by Crippen LogP contribution is -2.42. The second-order valence-electron chi connectivity index (χ2n) is 14.3. The van der Waals surface area contributed by atoms with Gasteiger partial charge in [0.1, 0.15) is 5.82 Å². The van der Waals surface area contributed by atoms with Crippen LogP contribution in [0.25, 0.3) is 21.8 Å². The second kappa shape index (κ2) is 14.4. The molecule has 1 amide bonds. The highest BCUT2D eigenvalue weighted by atomic mass is 16.2. The largest absolute Gasteiger partial charge is 0.362 e. The van der Waals surface area contributed by atoms with Gasteiger partial charge in [-0.2, -0.15) is 4.98 Å². The predicted molar refractivity (Wildman–Crippen MR) is 199 cm³/mol. The van der Waals surface area contributed by atoms with Crippen LogP contribution in [0.5, 0.6) is 0 Å². The normalized spacial score (nSPS) is 19.1. The Bertz CT molecular complexity index is 1930. The predicted octanol–water partition coefficient (Wildman–Crippen LogP) is 8.13. The number of rotatable bonds is 10. The summed E-state index contributed by atoms with van der Waals surface area (Å²) in [6.45, 7) is 0. The number of carbonyl (C=O) groups excluding carboxylic acids is 2. The number of amides is 1. The maximum atomic E-state index is 14.2. The van der Waals surface area contributed by atoms with Crippen molar-refractivity contribution >= 4 is 45.3 Å². The van der Waals surface area contributed by atoms with Crippen molar-refractivity contribution in [3.05, 3.63) is 95.7 Å². The van der Waals surface area contributed by atoms with Crippen LogP contribution in [-0.2, 0) is 11.8 Å². The van der Waals surface area contributed by atoms with E-state index in [2.05, 4.69) is 45.5 Å². The van der Waals surface area contributed by atoms with Crippen LogP contribution in [0.4, 0.5) is 11.8 Å². The van der Waals surface area contributed by atoms with Gasteiger partial charge in [0.15, 0.2) is 5.78 Å². The van der Waals surface area contributed by atoms with Crippen LogP contribution in [0.1, 0.15) is 97.5 Å². The fourth-order valence-electron chi connectivity index (χ4n) is 8.01. The van der Waals surface area contributed by atoms with E-state index in [9.17, 15) is 9.59 Å². The Labute approximate surface area is 289 Å². The molecule has 0 radical (unpaired) electrons. The van der Waals surface area contributed by atoms with Gasteiger partial charge in [-0.3, -0.25) is 9.59 Å². The van der Waals surface area contributed by atoms with Gasteiger partial charge in [0, 0.05) is 67.7 Å². The molecule has 1 atom stereocenters. The van der Waals surface area contributed by atoms with Gasteiger partial charge in [-0.15, -0.1) is 0 Å². The van der Waals surface area contributed by atoms with Crippen molar-refractivity contribution in [2.75, 3.05) is 24.3 Å². The minimum absolute atomic E-state index is 0.00339.